The predicted molar refractivity (Wildman–Crippen MR) is 44.6 cm³/mol. The minimum atomic E-state index is -0.00815. The van der Waals surface area contributed by atoms with Gasteiger partial charge in [0.2, 0.25) is 0 Å². The summed E-state index contributed by atoms with van der Waals surface area (Å²) in [6.45, 7) is 2.08. The summed E-state index contributed by atoms with van der Waals surface area (Å²) in [7, 11) is 1.48. The number of methoxy groups -OCH3 is 1. The lowest BCUT2D eigenvalue weighted by molar-refractivity contribution is -0.146. The molecule has 3 atom stereocenters. The van der Waals surface area contributed by atoms with E-state index in [0.717, 1.165) is 19.5 Å². The van der Waals surface area contributed by atoms with Crippen molar-refractivity contribution in [3.05, 3.63) is 0 Å². The molecule has 0 radical (unpaired) electrons. The van der Waals surface area contributed by atoms with Gasteiger partial charge in [0.25, 0.3) is 0 Å². The predicted octanol–water partition coefficient (Wildman–Crippen LogP) is 0.405. The van der Waals surface area contributed by atoms with Gasteiger partial charge in [-0.15, -0.1) is 0 Å². The summed E-state index contributed by atoms with van der Waals surface area (Å²) < 4.78 is 4.78. The van der Waals surface area contributed by atoms with Crippen molar-refractivity contribution in [2.75, 3.05) is 20.2 Å². The Bertz CT molecular complexity index is 193. The van der Waals surface area contributed by atoms with E-state index in [2.05, 4.69) is 5.32 Å². The number of fused-ring (bicyclic) bond motifs is 2. The van der Waals surface area contributed by atoms with Gasteiger partial charge in [0, 0.05) is 0 Å². The number of carbonyl (C=O) groups is 1. The van der Waals surface area contributed by atoms with Crippen LogP contribution < -0.4 is 5.32 Å². The van der Waals surface area contributed by atoms with E-state index >= 15 is 0 Å². The van der Waals surface area contributed by atoms with Crippen LogP contribution in [0.4, 0.5) is 0 Å². The first-order valence-corrected chi connectivity index (χ1v) is 4.60. The van der Waals surface area contributed by atoms with Gasteiger partial charge in [0.15, 0.2) is 0 Å². The summed E-state index contributed by atoms with van der Waals surface area (Å²) in [6, 6.07) is 0. The van der Waals surface area contributed by atoms with Crippen molar-refractivity contribution in [1.29, 1.82) is 0 Å². The van der Waals surface area contributed by atoms with Crippen LogP contribution in [0.5, 0.6) is 0 Å². The van der Waals surface area contributed by atoms with E-state index in [-0.39, 0.29) is 11.9 Å². The molecule has 1 heterocycles. The minimum Gasteiger partial charge on any atom is -0.469 e. The van der Waals surface area contributed by atoms with Crippen LogP contribution in [-0.4, -0.2) is 26.2 Å². The minimum absolute atomic E-state index is 0.00815. The molecule has 0 amide bonds. The van der Waals surface area contributed by atoms with Crippen molar-refractivity contribution in [3.63, 3.8) is 0 Å². The molecule has 1 aliphatic heterocycles. The van der Waals surface area contributed by atoms with Gasteiger partial charge in [-0.3, -0.25) is 4.79 Å². The monoisotopic (exact) mass is 169 g/mol. The Balaban J connectivity index is 2.04. The molecule has 68 valence electrons. The van der Waals surface area contributed by atoms with Crippen LogP contribution >= 0.6 is 0 Å². The van der Waals surface area contributed by atoms with Gasteiger partial charge in [0.1, 0.15) is 0 Å². The maximum Gasteiger partial charge on any atom is 0.308 e. The van der Waals surface area contributed by atoms with E-state index in [4.69, 9.17) is 4.74 Å². The Morgan fingerprint density at radius 2 is 2.25 bits per heavy atom. The number of carbonyl (C=O) groups excluding carboxylic acids is 1. The third kappa shape index (κ3) is 1.22. The third-order valence-electron chi connectivity index (χ3n) is 3.14. The third-order valence-corrected chi connectivity index (χ3v) is 3.14. The summed E-state index contributed by atoms with van der Waals surface area (Å²) in [5.41, 5.74) is 0. The molecule has 0 spiro atoms. The lowest BCUT2D eigenvalue weighted by Crippen LogP contribution is -2.33. The number of hydrogen-bond acceptors (Lipinski definition) is 3. The Morgan fingerprint density at radius 3 is 2.92 bits per heavy atom. The Hall–Kier alpha value is -0.570. The average molecular weight is 169 g/mol. The van der Waals surface area contributed by atoms with E-state index < -0.39 is 0 Å². The quantitative estimate of drug-likeness (QED) is 0.578. The standard InChI is InChI=1S/C9H15NO2/c1-12-9(11)8-3-6-2-7(8)5-10-4-6/h6-8,10H,2-5H2,1H3. The second-order valence-electron chi connectivity index (χ2n) is 3.89. The summed E-state index contributed by atoms with van der Waals surface area (Å²) in [4.78, 5) is 11.3. The molecule has 3 nitrogen and oxygen atoms in total. The molecule has 0 aromatic heterocycles. The van der Waals surface area contributed by atoms with Crippen LogP contribution in [0.25, 0.3) is 0 Å². The molecule has 1 N–H and O–H groups in total. The largest absolute Gasteiger partial charge is 0.469 e. The van der Waals surface area contributed by atoms with Crippen LogP contribution in [0.15, 0.2) is 0 Å². The van der Waals surface area contributed by atoms with Gasteiger partial charge in [-0.1, -0.05) is 0 Å². The van der Waals surface area contributed by atoms with Crippen molar-refractivity contribution in [3.8, 4) is 0 Å². The van der Waals surface area contributed by atoms with Gasteiger partial charge in [-0.05, 0) is 37.8 Å². The molecule has 12 heavy (non-hydrogen) atoms. The molecule has 0 aromatic rings. The van der Waals surface area contributed by atoms with Gasteiger partial charge < -0.3 is 10.1 Å². The molecule has 0 aromatic carbocycles. The van der Waals surface area contributed by atoms with Gasteiger partial charge in [0.05, 0.1) is 13.0 Å². The highest BCUT2D eigenvalue weighted by Gasteiger charge is 2.41. The zero-order valence-electron chi connectivity index (χ0n) is 7.38. The van der Waals surface area contributed by atoms with Gasteiger partial charge >= 0.3 is 5.97 Å². The number of hydrogen-bond donors (Lipinski definition) is 1. The average Bonchev–Trinajstić information content (AvgIpc) is 2.40. The van der Waals surface area contributed by atoms with Crippen molar-refractivity contribution in [2.24, 2.45) is 17.8 Å². The van der Waals surface area contributed by atoms with Gasteiger partial charge in [-0.2, -0.15) is 0 Å². The second kappa shape index (κ2) is 3.05. The molecule has 1 saturated carbocycles. The van der Waals surface area contributed by atoms with Crippen molar-refractivity contribution in [1.82, 2.24) is 5.32 Å². The summed E-state index contributed by atoms with van der Waals surface area (Å²) in [5.74, 6) is 1.42. The Morgan fingerprint density at radius 1 is 1.42 bits per heavy atom. The second-order valence-corrected chi connectivity index (χ2v) is 3.89. The van der Waals surface area contributed by atoms with Crippen LogP contribution in [0.3, 0.4) is 0 Å². The van der Waals surface area contributed by atoms with Crippen LogP contribution in [0.1, 0.15) is 12.8 Å². The highest BCUT2D eigenvalue weighted by Crippen LogP contribution is 2.38. The van der Waals surface area contributed by atoms with Crippen LogP contribution in [-0.2, 0) is 9.53 Å². The molecule has 2 fully saturated rings. The fourth-order valence-electron chi connectivity index (χ4n) is 2.55. The lowest BCUT2D eigenvalue weighted by atomic mass is 9.95. The van der Waals surface area contributed by atoms with E-state index in [1.54, 1.807) is 0 Å². The lowest BCUT2D eigenvalue weighted by Gasteiger charge is -2.20. The zero-order valence-corrected chi connectivity index (χ0v) is 7.38. The molecular formula is C9H15NO2. The Kier molecular flexibility index (Phi) is 2.05. The highest BCUT2D eigenvalue weighted by molar-refractivity contribution is 5.73. The summed E-state index contributed by atoms with van der Waals surface area (Å²) in [5, 5.41) is 3.35. The smallest absolute Gasteiger partial charge is 0.308 e. The van der Waals surface area contributed by atoms with Crippen molar-refractivity contribution >= 4 is 5.97 Å². The van der Waals surface area contributed by atoms with E-state index in [1.807, 2.05) is 0 Å². The first-order chi connectivity index (χ1) is 5.81. The maximum absolute atomic E-state index is 11.3. The number of ether oxygens (including phenoxy) is 1. The highest BCUT2D eigenvalue weighted by atomic mass is 16.5. The fourth-order valence-corrected chi connectivity index (χ4v) is 2.55. The van der Waals surface area contributed by atoms with Crippen molar-refractivity contribution < 1.29 is 9.53 Å². The SMILES string of the molecule is COC(=O)C1CC2CNCC1C2. The first kappa shape index (κ1) is 8.05. The topological polar surface area (TPSA) is 38.3 Å². The molecule has 2 bridgehead atoms. The summed E-state index contributed by atoms with van der Waals surface area (Å²) in [6.07, 6.45) is 2.25. The summed E-state index contributed by atoms with van der Waals surface area (Å²) >= 11 is 0. The number of esters is 1. The first-order valence-electron chi connectivity index (χ1n) is 4.60. The normalized spacial score (nSPS) is 39.6. The molecule has 3 unspecified atom stereocenters. The molecule has 2 rings (SSSR count). The van der Waals surface area contributed by atoms with Gasteiger partial charge in [-0.25, -0.2) is 0 Å². The van der Waals surface area contributed by atoms with E-state index in [9.17, 15) is 4.79 Å². The number of nitrogens with one attached hydrogen (secondary N) is 1. The van der Waals surface area contributed by atoms with E-state index in [1.165, 1.54) is 13.5 Å². The van der Waals surface area contributed by atoms with Crippen LogP contribution in [0.2, 0.25) is 0 Å². The Labute approximate surface area is 72.5 Å². The fraction of sp³-hybridized carbons (Fsp3) is 0.889. The van der Waals surface area contributed by atoms with Crippen molar-refractivity contribution in [2.45, 2.75) is 12.8 Å². The molecule has 3 heteroatoms. The number of rotatable bonds is 1. The number of piperidine rings is 1. The molecule has 1 aliphatic carbocycles. The molecule has 2 aliphatic rings. The molecule has 1 saturated heterocycles. The maximum atomic E-state index is 11.3. The zero-order chi connectivity index (χ0) is 8.55. The molecular weight excluding hydrogens is 154 g/mol. The van der Waals surface area contributed by atoms with Crippen LogP contribution in [0, 0.1) is 17.8 Å². The van der Waals surface area contributed by atoms with E-state index in [0.29, 0.717) is 11.8 Å².